The van der Waals surface area contributed by atoms with E-state index < -0.39 is 0 Å². The molecule has 0 aliphatic carbocycles. The van der Waals surface area contributed by atoms with Gasteiger partial charge in [0.25, 0.3) is 0 Å². The zero-order valence-electron chi connectivity index (χ0n) is 13.3. The third-order valence-corrected chi connectivity index (χ3v) is 3.94. The molecule has 0 spiro atoms. The Hall–Kier alpha value is -0.610. The van der Waals surface area contributed by atoms with Gasteiger partial charge in [-0.2, -0.15) is 0 Å². The van der Waals surface area contributed by atoms with Crippen LogP contribution >= 0.6 is 0 Å². The fourth-order valence-corrected chi connectivity index (χ4v) is 2.78. The average Bonchev–Trinajstić information content (AvgIpc) is 2.67. The van der Waals surface area contributed by atoms with E-state index in [1.165, 1.54) is 0 Å². The topological polar surface area (TPSA) is 35.6 Å². The van der Waals surface area contributed by atoms with Crippen molar-refractivity contribution in [1.82, 2.24) is 15.1 Å². The summed E-state index contributed by atoms with van der Waals surface area (Å²) in [7, 11) is 0. The van der Waals surface area contributed by atoms with Crippen molar-refractivity contribution in [3.05, 3.63) is 0 Å². The molecule has 0 saturated carbocycles. The second-order valence-electron chi connectivity index (χ2n) is 6.08. The Morgan fingerprint density at radius 1 is 1.32 bits per heavy atom. The number of carbonyl (C=O) groups is 1. The minimum atomic E-state index is 0.0616. The Balaban J connectivity index is 2.40. The number of unbranched alkanes of at least 4 members (excludes halogenated alkanes) is 1. The van der Waals surface area contributed by atoms with Crippen LogP contribution in [0, 0.1) is 0 Å². The molecule has 112 valence electrons. The van der Waals surface area contributed by atoms with Crippen molar-refractivity contribution in [2.24, 2.45) is 0 Å². The Bertz CT molecular complexity index is 271. The minimum absolute atomic E-state index is 0.0616. The molecule has 1 saturated heterocycles. The Morgan fingerprint density at radius 2 is 1.95 bits per heavy atom. The molecular formula is C15H31N3O. The lowest BCUT2D eigenvalue weighted by atomic mass is 10.1. The van der Waals surface area contributed by atoms with Crippen LogP contribution in [-0.4, -0.2) is 53.6 Å². The van der Waals surface area contributed by atoms with Gasteiger partial charge in [-0.05, 0) is 34.1 Å². The van der Waals surface area contributed by atoms with E-state index in [2.05, 4.69) is 44.8 Å². The quantitative estimate of drug-likeness (QED) is 0.732. The number of rotatable bonds is 8. The van der Waals surface area contributed by atoms with E-state index in [0.29, 0.717) is 18.0 Å². The van der Waals surface area contributed by atoms with Crippen LogP contribution in [0.2, 0.25) is 0 Å². The van der Waals surface area contributed by atoms with Gasteiger partial charge in [-0.25, -0.2) is 0 Å². The first kappa shape index (κ1) is 16.4. The van der Waals surface area contributed by atoms with E-state index in [4.69, 9.17) is 0 Å². The van der Waals surface area contributed by atoms with Gasteiger partial charge in [0.05, 0.1) is 12.7 Å². The van der Waals surface area contributed by atoms with Crippen molar-refractivity contribution < 1.29 is 4.79 Å². The molecule has 1 fully saturated rings. The molecule has 4 heteroatoms. The molecule has 0 aromatic rings. The van der Waals surface area contributed by atoms with Crippen LogP contribution in [0.25, 0.3) is 0 Å². The highest BCUT2D eigenvalue weighted by Crippen LogP contribution is 2.11. The summed E-state index contributed by atoms with van der Waals surface area (Å²) in [5, 5.41) is 3.33. The van der Waals surface area contributed by atoms with Gasteiger partial charge >= 0.3 is 0 Å². The second-order valence-corrected chi connectivity index (χ2v) is 6.08. The standard InChI is InChI=1S/C15H31N3O/c1-6-7-8-14-15(19)17(11-16-14)9-10-18(12(2)3)13(4)5/h12-14,16H,6-11H2,1-5H3. The van der Waals surface area contributed by atoms with E-state index in [1.54, 1.807) is 0 Å². The number of nitrogens with one attached hydrogen (secondary N) is 1. The molecule has 0 aromatic heterocycles. The Morgan fingerprint density at radius 3 is 2.47 bits per heavy atom. The third-order valence-electron chi connectivity index (χ3n) is 3.94. The van der Waals surface area contributed by atoms with Crippen molar-refractivity contribution in [1.29, 1.82) is 0 Å². The molecule has 1 heterocycles. The first-order valence-electron chi connectivity index (χ1n) is 7.75. The lowest BCUT2D eigenvalue weighted by Crippen LogP contribution is -2.43. The van der Waals surface area contributed by atoms with E-state index >= 15 is 0 Å². The molecule has 0 radical (unpaired) electrons. The molecule has 1 N–H and O–H groups in total. The normalized spacial score (nSPS) is 20.3. The van der Waals surface area contributed by atoms with Crippen molar-refractivity contribution >= 4 is 5.91 Å². The fourth-order valence-electron chi connectivity index (χ4n) is 2.78. The Labute approximate surface area is 118 Å². The van der Waals surface area contributed by atoms with E-state index in [9.17, 15) is 4.79 Å². The van der Waals surface area contributed by atoms with E-state index in [0.717, 1.165) is 39.0 Å². The van der Waals surface area contributed by atoms with Crippen LogP contribution in [0.15, 0.2) is 0 Å². The van der Waals surface area contributed by atoms with Crippen molar-refractivity contribution in [3.63, 3.8) is 0 Å². The monoisotopic (exact) mass is 269 g/mol. The summed E-state index contributed by atoms with van der Waals surface area (Å²) in [6.07, 6.45) is 3.26. The molecule has 1 amide bonds. The van der Waals surface area contributed by atoms with E-state index in [-0.39, 0.29) is 6.04 Å². The highest BCUT2D eigenvalue weighted by Gasteiger charge is 2.30. The largest absolute Gasteiger partial charge is 0.327 e. The SMILES string of the molecule is CCCCC1NCN(CCN(C(C)C)C(C)C)C1=O. The van der Waals surface area contributed by atoms with Crippen LogP contribution in [0.5, 0.6) is 0 Å². The molecule has 1 unspecified atom stereocenters. The summed E-state index contributed by atoms with van der Waals surface area (Å²) in [4.78, 5) is 16.6. The lowest BCUT2D eigenvalue weighted by molar-refractivity contribution is -0.129. The predicted octanol–water partition coefficient (Wildman–Crippen LogP) is 2.05. The van der Waals surface area contributed by atoms with Crippen molar-refractivity contribution in [2.45, 2.75) is 72.0 Å². The molecule has 0 aromatic carbocycles. The number of hydrogen-bond acceptors (Lipinski definition) is 3. The third kappa shape index (κ3) is 4.77. The summed E-state index contributed by atoms with van der Waals surface area (Å²) in [5.41, 5.74) is 0. The molecule has 1 atom stereocenters. The summed E-state index contributed by atoms with van der Waals surface area (Å²) in [5.74, 6) is 0.293. The summed E-state index contributed by atoms with van der Waals surface area (Å²) in [6.45, 7) is 13.6. The van der Waals surface area contributed by atoms with Gasteiger partial charge in [-0.15, -0.1) is 0 Å². The van der Waals surface area contributed by atoms with Crippen LogP contribution in [0.1, 0.15) is 53.9 Å². The van der Waals surface area contributed by atoms with Gasteiger partial charge in [-0.1, -0.05) is 19.8 Å². The van der Waals surface area contributed by atoms with Crippen molar-refractivity contribution in [3.8, 4) is 0 Å². The molecule has 1 rings (SSSR count). The second kappa shape index (κ2) is 7.85. The van der Waals surface area contributed by atoms with Gasteiger partial charge < -0.3 is 4.90 Å². The highest BCUT2D eigenvalue weighted by molar-refractivity contribution is 5.83. The zero-order valence-corrected chi connectivity index (χ0v) is 13.3. The number of hydrogen-bond donors (Lipinski definition) is 1. The van der Waals surface area contributed by atoms with Crippen LogP contribution in [0.4, 0.5) is 0 Å². The number of nitrogens with zero attached hydrogens (tertiary/aromatic N) is 2. The van der Waals surface area contributed by atoms with Gasteiger partial charge in [-0.3, -0.25) is 15.0 Å². The maximum absolute atomic E-state index is 12.2. The first-order valence-corrected chi connectivity index (χ1v) is 7.75. The van der Waals surface area contributed by atoms with Gasteiger partial charge in [0, 0.05) is 25.2 Å². The molecule has 1 aliphatic heterocycles. The molecule has 0 bridgehead atoms. The summed E-state index contributed by atoms with van der Waals surface area (Å²) >= 11 is 0. The summed E-state index contributed by atoms with van der Waals surface area (Å²) < 4.78 is 0. The maximum atomic E-state index is 12.2. The minimum Gasteiger partial charge on any atom is -0.327 e. The predicted molar refractivity (Wildman–Crippen MR) is 80.0 cm³/mol. The van der Waals surface area contributed by atoms with Crippen LogP contribution in [-0.2, 0) is 4.79 Å². The fraction of sp³-hybridized carbons (Fsp3) is 0.933. The number of carbonyl (C=O) groups excluding carboxylic acids is 1. The van der Waals surface area contributed by atoms with Crippen molar-refractivity contribution in [2.75, 3.05) is 19.8 Å². The smallest absolute Gasteiger partial charge is 0.240 e. The Kier molecular flexibility index (Phi) is 6.80. The average molecular weight is 269 g/mol. The lowest BCUT2D eigenvalue weighted by Gasteiger charge is -2.32. The summed E-state index contributed by atoms with van der Waals surface area (Å²) in [6, 6.07) is 1.12. The maximum Gasteiger partial charge on any atom is 0.240 e. The molecular weight excluding hydrogens is 238 g/mol. The van der Waals surface area contributed by atoms with Gasteiger partial charge in [0.1, 0.15) is 0 Å². The zero-order chi connectivity index (χ0) is 14.4. The van der Waals surface area contributed by atoms with Crippen LogP contribution < -0.4 is 5.32 Å². The highest BCUT2D eigenvalue weighted by atomic mass is 16.2. The molecule has 1 aliphatic rings. The van der Waals surface area contributed by atoms with E-state index in [1.807, 2.05) is 4.90 Å². The van der Waals surface area contributed by atoms with Crippen LogP contribution in [0.3, 0.4) is 0 Å². The first-order chi connectivity index (χ1) is 8.97. The van der Waals surface area contributed by atoms with Gasteiger partial charge in [0.2, 0.25) is 5.91 Å². The molecule has 4 nitrogen and oxygen atoms in total. The molecule has 19 heavy (non-hydrogen) atoms. The van der Waals surface area contributed by atoms with Gasteiger partial charge in [0.15, 0.2) is 0 Å². The number of amides is 1.